The van der Waals surface area contributed by atoms with Crippen LogP contribution in [0.15, 0.2) is 34.5 Å². The molecule has 1 atom stereocenters. The third-order valence-corrected chi connectivity index (χ3v) is 5.26. The maximum absolute atomic E-state index is 12.2. The summed E-state index contributed by atoms with van der Waals surface area (Å²) in [7, 11) is 0. The Labute approximate surface area is 155 Å². The van der Waals surface area contributed by atoms with Crippen LogP contribution < -0.4 is 10.6 Å². The van der Waals surface area contributed by atoms with Crippen LogP contribution in [0.1, 0.15) is 49.4 Å². The van der Waals surface area contributed by atoms with Gasteiger partial charge in [0, 0.05) is 23.4 Å². The first-order valence-electron chi connectivity index (χ1n) is 8.53. The molecule has 0 spiro atoms. The first-order valence-corrected chi connectivity index (χ1v) is 9.41. The van der Waals surface area contributed by atoms with Gasteiger partial charge in [0.2, 0.25) is 11.8 Å². The smallest absolute Gasteiger partial charge is 0.240 e. The number of hydrogen-bond donors (Lipinski definition) is 2. The van der Waals surface area contributed by atoms with Gasteiger partial charge in [-0.3, -0.25) is 14.4 Å². The molecule has 2 fully saturated rings. The van der Waals surface area contributed by atoms with Gasteiger partial charge in [-0.2, -0.15) is 5.10 Å². The number of carbonyl (C=O) groups is 3. The number of anilines is 1. The van der Waals surface area contributed by atoms with Gasteiger partial charge in [0.15, 0.2) is 11.0 Å². The molecular formula is C18H20N4O3S. The van der Waals surface area contributed by atoms with Crippen molar-refractivity contribution in [2.24, 2.45) is 10.2 Å². The highest BCUT2D eigenvalue weighted by Crippen LogP contribution is 2.24. The Morgan fingerprint density at radius 2 is 1.88 bits per heavy atom. The van der Waals surface area contributed by atoms with E-state index in [1.165, 1.54) is 18.7 Å². The minimum Gasteiger partial charge on any atom is -0.326 e. The minimum atomic E-state index is -0.519. The van der Waals surface area contributed by atoms with E-state index in [9.17, 15) is 14.4 Å². The quantitative estimate of drug-likeness (QED) is 0.613. The Morgan fingerprint density at radius 1 is 1.19 bits per heavy atom. The third-order valence-electron chi connectivity index (χ3n) is 4.19. The highest BCUT2D eigenvalue weighted by Gasteiger charge is 2.32. The number of benzene rings is 1. The van der Waals surface area contributed by atoms with Gasteiger partial charge in [0.05, 0.1) is 0 Å². The standard InChI is InChI=1S/C18H20N4O3S/c1-11(23)12-6-8-13(9-7-12)19-16(24)10-15-17(25)20-18(26-15)22-21-14-4-2-3-5-14/h6-9,15H,2-5,10H2,1H3,(H,19,24)(H,20,22,25)/t15-/m0/s1. The van der Waals surface area contributed by atoms with Crippen molar-refractivity contribution in [2.75, 3.05) is 5.32 Å². The Morgan fingerprint density at radius 3 is 2.54 bits per heavy atom. The van der Waals surface area contributed by atoms with Gasteiger partial charge >= 0.3 is 0 Å². The first kappa shape index (κ1) is 18.3. The van der Waals surface area contributed by atoms with Gasteiger partial charge < -0.3 is 10.6 Å². The molecule has 1 aromatic rings. The van der Waals surface area contributed by atoms with Crippen LogP contribution in [-0.4, -0.2) is 33.7 Å². The molecule has 1 heterocycles. The fraction of sp³-hybridized carbons (Fsp3) is 0.389. The number of amides is 2. The normalized spacial score (nSPS) is 21.0. The molecule has 26 heavy (non-hydrogen) atoms. The number of hydrogen-bond acceptors (Lipinski definition) is 6. The van der Waals surface area contributed by atoms with Gasteiger partial charge in [-0.05, 0) is 56.9 Å². The number of nitrogens with zero attached hydrogens (tertiary/aromatic N) is 2. The Kier molecular flexibility index (Phi) is 5.82. The van der Waals surface area contributed by atoms with E-state index < -0.39 is 5.25 Å². The lowest BCUT2D eigenvalue weighted by atomic mass is 10.1. The summed E-state index contributed by atoms with van der Waals surface area (Å²) >= 11 is 1.22. The second kappa shape index (κ2) is 8.27. The molecule has 0 aromatic heterocycles. The largest absolute Gasteiger partial charge is 0.326 e. The third kappa shape index (κ3) is 4.78. The number of carbonyl (C=O) groups excluding carboxylic acids is 3. The summed E-state index contributed by atoms with van der Waals surface area (Å²) in [6.07, 6.45) is 4.24. The highest BCUT2D eigenvalue weighted by atomic mass is 32.2. The molecule has 1 aliphatic carbocycles. The second-order valence-corrected chi connectivity index (χ2v) is 7.45. The van der Waals surface area contributed by atoms with Crippen molar-refractivity contribution in [3.63, 3.8) is 0 Å². The van der Waals surface area contributed by atoms with Crippen molar-refractivity contribution < 1.29 is 14.4 Å². The van der Waals surface area contributed by atoms with Gasteiger partial charge in [0.25, 0.3) is 0 Å². The molecule has 8 heteroatoms. The van der Waals surface area contributed by atoms with Crippen LogP contribution in [-0.2, 0) is 9.59 Å². The van der Waals surface area contributed by atoms with Gasteiger partial charge in [0.1, 0.15) is 5.25 Å². The molecule has 136 valence electrons. The summed E-state index contributed by atoms with van der Waals surface area (Å²) in [6, 6.07) is 6.64. The number of Topliss-reactive ketones (excluding diaryl/α,β-unsaturated/α-hetero) is 1. The fourth-order valence-corrected chi connectivity index (χ4v) is 3.67. The first-order chi connectivity index (χ1) is 12.5. The van der Waals surface area contributed by atoms with Crippen LogP contribution in [0.2, 0.25) is 0 Å². The number of nitrogens with one attached hydrogen (secondary N) is 2. The second-order valence-electron chi connectivity index (χ2n) is 6.26. The predicted molar refractivity (Wildman–Crippen MR) is 103 cm³/mol. The summed E-state index contributed by atoms with van der Waals surface area (Å²) in [6.45, 7) is 1.49. The van der Waals surface area contributed by atoms with E-state index in [1.807, 2.05) is 0 Å². The van der Waals surface area contributed by atoms with Crippen LogP contribution in [0, 0.1) is 0 Å². The van der Waals surface area contributed by atoms with Crippen molar-refractivity contribution >= 4 is 45.9 Å². The number of ketones is 1. The Hall–Kier alpha value is -2.48. The topological polar surface area (TPSA) is 100.0 Å². The lowest BCUT2D eigenvalue weighted by Gasteiger charge is -2.07. The lowest BCUT2D eigenvalue weighted by Crippen LogP contribution is -2.28. The van der Waals surface area contributed by atoms with Crippen LogP contribution >= 0.6 is 11.8 Å². The molecule has 1 saturated heterocycles. The van der Waals surface area contributed by atoms with Crippen LogP contribution in [0.5, 0.6) is 0 Å². The highest BCUT2D eigenvalue weighted by molar-refractivity contribution is 8.15. The summed E-state index contributed by atoms with van der Waals surface area (Å²) in [4.78, 5) is 35.4. The molecular weight excluding hydrogens is 352 g/mol. The Bertz CT molecular complexity index is 778. The average Bonchev–Trinajstić information content (AvgIpc) is 3.23. The molecule has 1 saturated carbocycles. The zero-order valence-corrected chi connectivity index (χ0v) is 15.3. The van der Waals surface area contributed by atoms with E-state index in [2.05, 4.69) is 20.8 Å². The lowest BCUT2D eigenvalue weighted by molar-refractivity contribution is -0.122. The Balaban J connectivity index is 1.54. The van der Waals surface area contributed by atoms with Crippen molar-refractivity contribution in [3.05, 3.63) is 29.8 Å². The molecule has 1 aromatic carbocycles. The van der Waals surface area contributed by atoms with Crippen LogP contribution in [0.4, 0.5) is 5.69 Å². The molecule has 2 aliphatic rings. The molecule has 7 nitrogen and oxygen atoms in total. The molecule has 1 aliphatic heterocycles. The zero-order chi connectivity index (χ0) is 18.5. The van der Waals surface area contributed by atoms with E-state index >= 15 is 0 Å². The summed E-state index contributed by atoms with van der Waals surface area (Å²) in [5.41, 5.74) is 2.23. The predicted octanol–water partition coefficient (Wildman–Crippen LogP) is 2.74. The van der Waals surface area contributed by atoms with Gasteiger partial charge in [-0.15, -0.1) is 5.10 Å². The zero-order valence-electron chi connectivity index (χ0n) is 14.4. The minimum absolute atomic E-state index is 0.0325. The van der Waals surface area contributed by atoms with E-state index in [0.29, 0.717) is 16.4 Å². The summed E-state index contributed by atoms with van der Waals surface area (Å²) in [5, 5.41) is 13.6. The molecule has 2 amide bonds. The van der Waals surface area contributed by atoms with Crippen LogP contribution in [0.3, 0.4) is 0 Å². The molecule has 0 radical (unpaired) electrons. The van der Waals surface area contributed by atoms with Gasteiger partial charge in [-0.25, -0.2) is 0 Å². The summed E-state index contributed by atoms with van der Waals surface area (Å²) in [5.74, 6) is -0.533. The number of rotatable bonds is 5. The van der Waals surface area contributed by atoms with E-state index in [4.69, 9.17) is 0 Å². The molecule has 0 unspecified atom stereocenters. The number of amidine groups is 1. The fourth-order valence-electron chi connectivity index (χ4n) is 2.75. The molecule has 3 rings (SSSR count). The SMILES string of the molecule is CC(=O)c1ccc(NC(=O)C[C@@H]2S/C(=N\N=C3CCCC3)NC2=O)cc1. The molecule has 2 N–H and O–H groups in total. The van der Waals surface area contributed by atoms with E-state index in [0.717, 1.165) is 31.4 Å². The van der Waals surface area contributed by atoms with E-state index in [-0.39, 0.29) is 24.0 Å². The average molecular weight is 372 g/mol. The van der Waals surface area contributed by atoms with Crippen molar-refractivity contribution in [1.29, 1.82) is 0 Å². The van der Waals surface area contributed by atoms with Gasteiger partial charge in [-0.1, -0.05) is 11.8 Å². The van der Waals surface area contributed by atoms with Crippen molar-refractivity contribution in [2.45, 2.75) is 44.3 Å². The van der Waals surface area contributed by atoms with E-state index in [1.54, 1.807) is 24.3 Å². The monoisotopic (exact) mass is 372 g/mol. The van der Waals surface area contributed by atoms with Crippen molar-refractivity contribution in [3.8, 4) is 0 Å². The van der Waals surface area contributed by atoms with Crippen LogP contribution in [0.25, 0.3) is 0 Å². The maximum atomic E-state index is 12.2. The maximum Gasteiger partial charge on any atom is 0.240 e. The van der Waals surface area contributed by atoms with Crippen molar-refractivity contribution in [1.82, 2.24) is 5.32 Å². The summed E-state index contributed by atoms with van der Waals surface area (Å²) < 4.78 is 0. The number of thioether (sulfide) groups is 1. The molecule has 0 bridgehead atoms.